The maximum atomic E-state index is 5.13. The van der Waals surface area contributed by atoms with Gasteiger partial charge in [-0.2, -0.15) is 0 Å². The first-order valence-corrected chi connectivity index (χ1v) is 57.4. The van der Waals surface area contributed by atoms with Crippen LogP contribution in [0.3, 0.4) is 0 Å². The van der Waals surface area contributed by atoms with Gasteiger partial charge >= 0.3 is 109 Å². The van der Waals surface area contributed by atoms with Crippen LogP contribution >= 0.6 is 38.6 Å². The van der Waals surface area contributed by atoms with Crippen molar-refractivity contribution >= 4 is 55.3 Å². The van der Waals surface area contributed by atoms with E-state index in [1.165, 1.54) is 95.2 Å². The van der Waals surface area contributed by atoms with E-state index >= 15 is 0 Å². The molecule has 42 heteroatoms. The van der Waals surface area contributed by atoms with E-state index in [1.54, 1.807) is 208 Å². The van der Waals surface area contributed by atoms with Crippen LogP contribution in [-0.4, -0.2) is 179 Å². The summed E-state index contributed by atoms with van der Waals surface area (Å²) in [5.41, 5.74) is 11.9. The number of imidazole rings is 8. The summed E-state index contributed by atoms with van der Waals surface area (Å²) in [5, 5.41) is 2.99. The number of anilines is 1. The van der Waals surface area contributed by atoms with Crippen molar-refractivity contribution in [3.05, 3.63) is 392 Å². The first kappa shape index (κ1) is 122. The third-order valence-electron chi connectivity index (χ3n) is 19.7. The number of ether oxygens (including phenoxy) is 5. The number of fused-ring (bicyclic) bond motifs is 1. The van der Waals surface area contributed by atoms with Crippen molar-refractivity contribution in [2.24, 2.45) is 49.3 Å². The predicted molar refractivity (Wildman–Crippen MR) is 570 cm³/mol. The van der Waals surface area contributed by atoms with E-state index in [1.807, 2.05) is 290 Å². The Bertz CT molecular complexity index is 6140. The van der Waals surface area contributed by atoms with Crippen molar-refractivity contribution in [1.29, 1.82) is 0 Å². The van der Waals surface area contributed by atoms with Crippen LogP contribution in [0.5, 0.6) is 28.7 Å². The van der Waals surface area contributed by atoms with E-state index in [2.05, 4.69) is 173 Å². The molecule has 0 saturated heterocycles. The van der Waals surface area contributed by atoms with Crippen LogP contribution in [0, 0.1) is 0 Å². The number of aryl methyl sites for hydroxylation is 8. The molecule has 0 aliphatic rings. The number of unbranched alkanes of at least 4 members (excludes halogenated alkanes) is 2. The third kappa shape index (κ3) is 44.0. The van der Waals surface area contributed by atoms with Crippen molar-refractivity contribution in [3.8, 4) is 121 Å². The molecular formula is C106H115Cl4N29O5Os4. The van der Waals surface area contributed by atoms with Gasteiger partial charge < -0.3 is 65.5 Å². The number of hydrogen-bond acceptors (Lipinski definition) is 26. The topological polar surface area (TPSA) is 355 Å². The summed E-state index contributed by atoms with van der Waals surface area (Å²) in [5.74, 6) is 9.28. The van der Waals surface area contributed by atoms with Gasteiger partial charge in [-0.25, -0.2) is 39.9 Å². The van der Waals surface area contributed by atoms with E-state index in [4.69, 9.17) is 23.7 Å². The Kier molecular flexibility index (Phi) is 61.4. The molecule has 0 amide bonds. The number of para-hydroxylation sites is 2. The van der Waals surface area contributed by atoms with E-state index in [0.29, 0.717) is 0 Å². The van der Waals surface area contributed by atoms with Crippen LogP contribution in [0.1, 0.15) is 26.2 Å². The molecule has 148 heavy (non-hydrogen) atoms. The van der Waals surface area contributed by atoms with Gasteiger partial charge in [0.2, 0.25) is 0 Å². The molecule has 20 heterocycles. The fourth-order valence-electron chi connectivity index (χ4n) is 12.4. The molecule has 0 fully saturated rings. The molecule has 0 aliphatic carbocycles. The molecule has 0 spiro atoms. The molecule has 0 bridgehead atoms. The van der Waals surface area contributed by atoms with Crippen LogP contribution in [0.2, 0.25) is 0 Å². The average molecular weight is 2780 g/mol. The number of rotatable bonds is 18. The fraction of sp³-hybridized carbons (Fsp3) is 0.170. The second kappa shape index (κ2) is 74.4. The molecular weight excluding hydrogens is 2660 g/mol. The van der Waals surface area contributed by atoms with Gasteiger partial charge in [0.1, 0.15) is 62.9 Å². The fourth-order valence-corrected chi connectivity index (χ4v) is 12.4. The molecule has 1 N–H and O–H groups in total. The molecule has 0 radical (unpaired) electrons. The van der Waals surface area contributed by atoms with Gasteiger partial charge in [-0.15, -0.1) is 0 Å². The van der Waals surface area contributed by atoms with Gasteiger partial charge in [0.25, 0.3) is 0 Å². The van der Waals surface area contributed by atoms with Crippen molar-refractivity contribution in [3.63, 3.8) is 0 Å². The summed E-state index contributed by atoms with van der Waals surface area (Å²) in [6.07, 6.45) is 57.5. The Morgan fingerprint density at radius 3 is 0.723 bits per heavy atom. The van der Waals surface area contributed by atoms with Crippen LogP contribution in [0.25, 0.3) is 103 Å². The number of benzene rings is 1. The second-order valence-electron chi connectivity index (χ2n) is 29.5. The van der Waals surface area contributed by atoms with Crippen LogP contribution in [0.15, 0.2) is 392 Å². The number of aromatic nitrogens is 28. The van der Waals surface area contributed by atoms with E-state index in [0.717, 1.165) is 138 Å². The maximum absolute atomic E-state index is 5.13. The van der Waals surface area contributed by atoms with E-state index in [9.17, 15) is 0 Å². The van der Waals surface area contributed by atoms with Gasteiger partial charge in [-0.05, 0) is 140 Å². The van der Waals surface area contributed by atoms with Gasteiger partial charge in [-0.3, -0.25) is 59.8 Å². The summed E-state index contributed by atoms with van der Waals surface area (Å²) in [7, 11) is 42.3. The molecule has 0 atom stereocenters. The molecule has 0 aliphatic heterocycles. The molecule has 1 aromatic carbocycles. The number of halogens is 4. The van der Waals surface area contributed by atoms with Crippen molar-refractivity contribution in [2.45, 2.75) is 32.7 Å². The summed E-state index contributed by atoms with van der Waals surface area (Å²) < 4.78 is 41.2. The molecule has 21 aromatic rings. The molecule has 0 saturated carbocycles. The van der Waals surface area contributed by atoms with Crippen LogP contribution in [-0.2, 0) is 126 Å². The number of pyridine rings is 12. The number of hydrogen-bond donors (Lipinski definition) is 1. The van der Waals surface area contributed by atoms with Gasteiger partial charge in [0.05, 0.1) is 82.0 Å². The molecule has 34 nitrogen and oxygen atoms in total. The zero-order valence-corrected chi connectivity index (χ0v) is 97.0. The van der Waals surface area contributed by atoms with E-state index < -0.39 is 0 Å². The van der Waals surface area contributed by atoms with Crippen molar-refractivity contribution < 1.29 is 94.1 Å². The van der Waals surface area contributed by atoms with Gasteiger partial charge in [0, 0.05) is 266 Å². The predicted octanol–water partition coefficient (Wildman–Crippen LogP) is 21.8. The first-order valence-electron chi connectivity index (χ1n) is 44.8. The summed E-state index contributed by atoms with van der Waals surface area (Å²) in [6.45, 7) is 3.32. The number of methoxy groups -OCH3 is 5. The Hall–Kier alpha value is -14.5. The summed E-state index contributed by atoms with van der Waals surface area (Å²) >= 11 is 5.33. The van der Waals surface area contributed by atoms with Crippen molar-refractivity contribution in [2.75, 3.05) is 47.9 Å². The van der Waals surface area contributed by atoms with Crippen LogP contribution < -0.4 is 29.0 Å². The quantitative estimate of drug-likeness (QED) is 0.0780. The number of nitrogens with one attached hydrogen (secondary N) is 1. The monoisotopic (exact) mass is 2780 g/mol. The third-order valence-corrected chi connectivity index (χ3v) is 19.7. The molecule has 20 aromatic heterocycles. The average Bonchev–Trinajstić information content (AvgIpc) is 1.70. The SMILES string of the molecule is CCCCCn1cnc2ccccc21.CNc1ccncc1.COc1ccnc(-c2cc(OC)ccn2)c1.COc1ccnc(-c2cc(OC)ccn2)c1.COc1ccncc1.Cn1ccnc1.Cn1ccnc1-c1ccccn1.Cn1ccnc1-c1ccccn1.Cn1ccnc1-c1ccccn1.Cn1ccnc1-c1ccccn1.Cn1ccnc1-c1ccccn1.Cn1ccnc1-c1ccccn1.[Cl][Os].[Cl][Os].[Cl][Os].[Cl][Os]. The van der Waals surface area contributed by atoms with Crippen LogP contribution in [0.4, 0.5) is 5.69 Å². The Morgan fingerprint density at radius 1 is 0.250 bits per heavy atom. The standard InChI is InChI=1S/2C12H12N2O2.C12H16N2.6C9H9N3.C6H8N2.C6H7NO.C4H6N2.4ClH.4Os/c2*1-15-9-3-5-13-11(7-9)12-8-10(16-2)4-6-14-12;1-2-3-6-9-14-10-13-11-7-4-5-8-12(11)14;6*1-12-7-6-11-9(12)8-4-2-3-5-10-8;1-7-6-2-4-8-5-3-6;1-8-6-2-4-7-5-3-6;1-6-3-2-5-4-6;;;;;;;;/h2*3-8H,1-2H3;4-5,7-8,10H,2-3,6,9H2,1H3;6*2-7H,1H3;2-5H,1H3,(H,7,8);2-5H,1H3;2-4H,1H3;4*1H;;;;/q;;;;;;;;;;;;;;;;4*+1/p-4. The summed E-state index contributed by atoms with van der Waals surface area (Å²) in [4.78, 5) is 83.1. The minimum absolute atomic E-state index is 0.759. The zero-order valence-electron chi connectivity index (χ0n) is 83.8. The van der Waals surface area contributed by atoms with Gasteiger partial charge in [0.15, 0.2) is 34.9 Å². The Morgan fingerprint density at radius 2 is 0.514 bits per heavy atom. The first-order chi connectivity index (χ1) is 72.6. The molecule has 0 unspecified atom stereocenters. The minimum atomic E-state index is 0.759. The molecule has 21 rings (SSSR count). The Balaban J connectivity index is 0.000000246. The summed E-state index contributed by atoms with van der Waals surface area (Å²) in [6, 6.07) is 65.0. The zero-order chi connectivity index (χ0) is 107. The Labute approximate surface area is 920 Å². The van der Waals surface area contributed by atoms with Crippen molar-refractivity contribution in [1.82, 2.24) is 136 Å². The second-order valence-corrected chi connectivity index (χ2v) is 29.5. The van der Waals surface area contributed by atoms with E-state index in [-0.39, 0.29) is 0 Å². The molecule has 774 valence electrons. The van der Waals surface area contributed by atoms with Gasteiger partial charge in [-0.1, -0.05) is 68.3 Å². The normalized spacial score (nSPS) is 9.53. The number of nitrogens with zero attached hydrogens (tertiary/aromatic N) is 28.